The summed E-state index contributed by atoms with van der Waals surface area (Å²) in [5.41, 5.74) is 1.51. The van der Waals surface area contributed by atoms with Crippen LogP contribution < -0.4 is 10.1 Å². The number of thioether (sulfide) groups is 1. The minimum absolute atomic E-state index is 0.0166. The predicted molar refractivity (Wildman–Crippen MR) is 112 cm³/mol. The van der Waals surface area contributed by atoms with E-state index in [4.69, 9.17) is 11.6 Å². The molecular weight excluding hydrogens is 434 g/mol. The van der Waals surface area contributed by atoms with E-state index in [0.29, 0.717) is 23.8 Å². The second-order valence-corrected chi connectivity index (χ2v) is 7.52. The standard InChI is InChI=1S/C20H19ClF2N4O2S/c1-2-27-17(10-13-6-4-3-5-7-13)25-26-20(27)30-12-18(28)24-14-8-9-16(15(21)11-14)29-19(22)23/h3-9,11,19H,2,10,12H2,1H3,(H,24,28). The molecule has 0 saturated carbocycles. The van der Waals surface area contributed by atoms with E-state index in [1.54, 1.807) is 0 Å². The Morgan fingerprint density at radius 1 is 1.23 bits per heavy atom. The van der Waals surface area contributed by atoms with Crippen LogP contribution >= 0.6 is 23.4 Å². The van der Waals surface area contributed by atoms with Crippen LogP contribution in [0, 0.1) is 0 Å². The Morgan fingerprint density at radius 3 is 2.67 bits per heavy atom. The van der Waals surface area contributed by atoms with Crippen LogP contribution in [0.4, 0.5) is 14.5 Å². The molecule has 0 atom stereocenters. The lowest BCUT2D eigenvalue weighted by molar-refractivity contribution is -0.113. The minimum atomic E-state index is -2.97. The highest BCUT2D eigenvalue weighted by Gasteiger charge is 2.14. The number of nitrogens with one attached hydrogen (secondary N) is 1. The lowest BCUT2D eigenvalue weighted by atomic mass is 10.1. The van der Waals surface area contributed by atoms with E-state index in [0.717, 1.165) is 11.4 Å². The highest BCUT2D eigenvalue weighted by molar-refractivity contribution is 7.99. The van der Waals surface area contributed by atoms with Gasteiger partial charge >= 0.3 is 6.61 Å². The smallest absolute Gasteiger partial charge is 0.387 e. The zero-order chi connectivity index (χ0) is 21.5. The number of rotatable bonds is 9. The molecule has 0 saturated heterocycles. The van der Waals surface area contributed by atoms with Crippen LogP contribution in [-0.2, 0) is 17.8 Å². The number of benzene rings is 2. The van der Waals surface area contributed by atoms with Crippen molar-refractivity contribution in [3.05, 3.63) is 64.9 Å². The molecule has 158 valence electrons. The molecule has 1 aromatic heterocycles. The fourth-order valence-corrected chi connectivity index (χ4v) is 3.80. The third kappa shape index (κ3) is 5.93. The second-order valence-electron chi connectivity index (χ2n) is 6.17. The molecule has 0 bridgehead atoms. The van der Waals surface area contributed by atoms with Crippen LogP contribution in [0.1, 0.15) is 18.3 Å². The van der Waals surface area contributed by atoms with E-state index in [-0.39, 0.29) is 22.4 Å². The molecule has 0 aliphatic rings. The van der Waals surface area contributed by atoms with Gasteiger partial charge in [0, 0.05) is 18.7 Å². The normalized spacial score (nSPS) is 11.0. The van der Waals surface area contributed by atoms with Gasteiger partial charge < -0.3 is 14.6 Å². The molecule has 6 nitrogen and oxygen atoms in total. The molecule has 0 aliphatic carbocycles. The maximum atomic E-state index is 12.3. The van der Waals surface area contributed by atoms with E-state index in [1.807, 2.05) is 41.8 Å². The Hall–Kier alpha value is -2.65. The lowest BCUT2D eigenvalue weighted by Crippen LogP contribution is -2.15. The summed E-state index contributed by atoms with van der Waals surface area (Å²) in [7, 11) is 0. The molecule has 0 unspecified atom stereocenters. The van der Waals surface area contributed by atoms with E-state index in [9.17, 15) is 13.6 Å². The Labute approximate surface area is 181 Å². The highest BCUT2D eigenvalue weighted by Crippen LogP contribution is 2.29. The molecule has 10 heteroatoms. The molecular formula is C20H19ClF2N4O2S. The number of halogens is 3. The lowest BCUT2D eigenvalue weighted by Gasteiger charge is -2.10. The maximum Gasteiger partial charge on any atom is 0.387 e. The Kier molecular flexibility index (Phi) is 7.64. The average Bonchev–Trinajstić information content (AvgIpc) is 3.10. The highest BCUT2D eigenvalue weighted by atomic mass is 35.5. The predicted octanol–water partition coefficient (Wildman–Crippen LogP) is 4.87. The van der Waals surface area contributed by atoms with Crippen molar-refractivity contribution in [1.82, 2.24) is 14.8 Å². The topological polar surface area (TPSA) is 69.0 Å². The fourth-order valence-electron chi connectivity index (χ4n) is 2.75. The average molecular weight is 453 g/mol. The number of alkyl halides is 2. The Bertz CT molecular complexity index is 1000. The van der Waals surface area contributed by atoms with Gasteiger partial charge in [-0.25, -0.2) is 0 Å². The van der Waals surface area contributed by atoms with Gasteiger partial charge in [-0.15, -0.1) is 10.2 Å². The third-order valence-corrected chi connectivity index (χ3v) is 5.34. The monoisotopic (exact) mass is 452 g/mol. The molecule has 0 fully saturated rings. The van der Waals surface area contributed by atoms with E-state index < -0.39 is 6.61 Å². The summed E-state index contributed by atoms with van der Waals surface area (Å²) >= 11 is 7.17. The first-order chi connectivity index (χ1) is 14.5. The Morgan fingerprint density at radius 2 is 2.00 bits per heavy atom. The number of hydrogen-bond donors (Lipinski definition) is 1. The molecule has 3 aromatic rings. The molecule has 1 N–H and O–H groups in total. The second kappa shape index (κ2) is 10.4. The molecule has 1 heterocycles. The van der Waals surface area contributed by atoms with Crippen LogP contribution in [0.15, 0.2) is 53.7 Å². The number of amides is 1. The summed E-state index contributed by atoms with van der Waals surface area (Å²) in [6.07, 6.45) is 0.653. The number of nitrogens with zero attached hydrogens (tertiary/aromatic N) is 3. The van der Waals surface area contributed by atoms with Crippen molar-refractivity contribution in [3.63, 3.8) is 0 Å². The van der Waals surface area contributed by atoms with Crippen molar-refractivity contribution in [2.24, 2.45) is 0 Å². The van der Waals surface area contributed by atoms with Crippen molar-refractivity contribution in [1.29, 1.82) is 0 Å². The first kappa shape index (κ1) is 22.0. The summed E-state index contributed by atoms with van der Waals surface area (Å²) in [6, 6.07) is 14.0. The van der Waals surface area contributed by atoms with E-state index in [1.165, 1.54) is 30.0 Å². The number of ether oxygens (including phenoxy) is 1. The SMILES string of the molecule is CCn1c(Cc2ccccc2)nnc1SCC(=O)Nc1ccc(OC(F)F)c(Cl)c1. The van der Waals surface area contributed by atoms with Gasteiger partial charge in [-0.1, -0.05) is 53.7 Å². The molecule has 0 spiro atoms. The molecule has 30 heavy (non-hydrogen) atoms. The van der Waals surface area contributed by atoms with Gasteiger partial charge in [-0.05, 0) is 30.7 Å². The fraction of sp³-hybridized carbons (Fsp3) is 0.250. The third-order valence-electron chi connectivity index (χ3n) is 4.08. The first-order valence-corrected chi connectivity index (χ1v) is 10.5. The van der Waals surface area contributed by atoms with E-state index >= 15 is 0 Å². The van der Waals surface area contributed by atoms with Gasteiger partial charge in [0.25, 0.3) is 0 Å². The van der Waals surface area contributed by atoms with Gasteiger partial charge in [0.15, 0.2) is 5.16 Å². The summed E-state index contributed by atoms with van der Waals surface area (Å²) in [4.78, 5) is 12.3. The van der Waals surface area contributed by atoms with Gasteiger partial charge in [0.1, 0.15) is 11.6 Å². The molecule has 3 rings (SSSR count). The maximum absolute atomic E-state index is 12.3. The number of carbonyl (C=O) groups excluding carboxylic acids is 1. The quantitative estimate of drug-likeness (QED) is 0.469. The van der Waals surface area contributed by atoms with Crippen molar-refractivity contribution in [2.45, 2.75) is 31.7 Å². The van der Waals surface area contributed by atoms with Crippen LogP contribution in [0.25, 0.3) is 0 Å². The van der Waals surface area contributed by atoms with Gasteiger partial charge in [0.05, 0.1) is 10.8 Å². The largest absolute Gasteiger partial charge is 0.433 e. The van der Waals surface area contributed by atoms with Gasteiger partial charge in [-0.3, -0.25) is 4.79 Å². The van der Waals surface area contributed by atoms with Crippen molar-refractivity contribution in [2.75, 3.05) is 11.1 Å². The summed E-state index contributed by atoms with van der Waals surface area (Å²) in [5, 5.41) is 11.8. The number of aromatic nitrogens is 3. The zero-order valence-corrected chi connectivity index (χ0v) is 17.6. The molecule has 0 aliphatic heterocycles. The van der Waals surface area contributed by atoms with Crippen LogP contribution in [0.5, 0.6) is 5.75 Å². The first-order valence-electron chi connectivity index (χ1n) is 9.09. The summed E-state index contributed by atoms with van der Waals surface area (Å²) in [5.74, 6) is 0.499. The number of carbonyl (C=O) groups is 1. The van der Waals surface area contributed by atoms with Crippen LogP contribution in [0.3, 0.4) is 0 Å². The van der Waals surface area contributed by atoms with Crippen LogP contribution in [0.2, 0.25) is 5.02 Å². The minimum Gasteiger partial charge on any atom is -0.433 e. The van der Waals surface area contributed by atoms with Crippen molar-refractivity contribution >= 4 is 35.0 Å². The van der Waals surface area contributed by atoms with Gasteiger partial charge in [-0.2, -0.15) is 8.78 Å². The van der Waals surface area contributed by atoms with Crippen molar-refractivity contribution in [3.8, 4) is 5.75 Å². The van der Waals surface area contributed by atoms with Gasteiger partial charge in [0.2, 0.25) is 5.91 Å². The van der Waals surface area contributed by atoms with Crippen LogP contribution in [-0.4, -0.2) is 33.0 Å². The Balaban J connectivity index is 1.59. The molecule has 1 amide bonds. The van der Waals surface area contributed by atoms with Crippen molar-refractivity contribution < 1.29 is 18.3 Å². The number of anilines is 1. The molecule has 2 aromatic carbocycles. The summed E-state index contributed by atoms with van der Waals surface area (Å²) < 4.78 is 30.8. The van der Waals surface area contributed by atoms with E-state index in [2.05, 4.69) is 20.3 Å². The number of hydrogen-bond acceptors (Lipinski definition) is 5. The molecule has 0 radical (unpaired) electrons. The zero-order valence-electron chi connectivity index (χ0n) is 16.0. The summed E-state index contributed by atoms with van der Waals surface area (Å²) in [6.45, 7) is -0.296.